The molecule has 162 valence electrons. The maximum Gasteiger partial charge on any atom is 0.268 e. The molecule has 3 aromatic carbocycles. The predicted molar refractivity (Wildman–Crippen MR) is 124 cm³/mol. The number of carbonyl (C=O) groups excluding carboxylic acids is 2. The molecule has 0 radical (unpaired) electrons. The lowest BCUT2D eigenvalue weighted by Gasteiger charge is -2.16. The van der Waals surface area contributed by atoms with Gasteiger partial charge in [0, 0.05) is 4.90 Å². The summed E-state index contributed by atoms with van der Waals surface area (Å²) in [5.74, 6) is -0.467. The molecule has 0 bridgehead atoms. The third-order valence-electron chi connectivity index (χ3n) is 5.00. The number of amides is 2. The van der Waals surface area contributed by atoms with Gasteiger partial charge in [-0.3, -0.25) is 14.5 Å². The number of carbonyl (C=O) groups is 2. The molecule has 2 amide bonds. The minimum absolute atomic E-state index is 0.119. The fraction of sp³-hybridized carbons (Fsp3) is 0.154. The van der Waals surface area contributed by atoms with Gasteiger partial charge in [-0.05, 0) is 66.9 Å². The third-order valence-corrected chi connectivity index (χ3v) is 6.09. The summed E-state index contributed by atoms with van der Waals surface area (Å²) >= 11 is 1.24. The van der Waals surface area contributed by atoms with Crippen molar-refractivity contribution in [1.29, 1.82) is 0 Å². The van der Waals surface area contributed by atoms with Crippen LogP contribution in [0.5, 0.6) is 5.75 Å². The van der Waals surface area contributed by atoms with E-state index in [4.69, 9.17) is 4.74 Å². The van der Waals surface area contributed by atoms with E-state index in [1.165, 1.54) is 40.9 Å². The average Bonchev–Trinajstić information content (AvgIpc) is 2.99. The number of benzene rings is 3. The van der Waals surface area contributed by atoms with Crippen LogP contribution >= 0.6 is 11.8 Å². The smallest absolute Gasteiger partial charge is 0.268 e. The van der Waals surface area contributed by atoms with Crippen LogP contribution < -0.4 is 4.74 Å². The van der Waals surface area contributed by atoms with Gasteiger partial charge in [0.15, 0.2) is 0 Å². The number of ether oxygens (including phenoxy) is 1. The van der Waals surface area contributed by atoms with Crippen molar-refractivity contribution in [2.45, 2.75) is 18.7 Å². The highest BCUT2D eigenvalue weighted by molar-refractivity contribution is 8.04. The first-order valence-corrected chi connectivity index (χ1v) is 11.0. The minimum atomic E-state index is -0.401. The van der Waals surface area contributed by atoms with Crippen molar-refractivity contribution in [1.82, 2.24) is 4.90 Å². The van der Waals surface area contributed by atoms with Crippen LogP contribution in [0.1, 0.15) is 16.7 Å². The van der Waals surface area contributed by atoms with Gasteiger partial charge in [0.25, 0.3) is 11.8 Å². The van der Waals surface area contributed by atoms with Crippen LogP contribution in [-0.4, -0.2) is 29.9 Å². The maximum atomic E-state index is 13.5. The van der Waals surface area contributed by atoms with Gasteiger partial charge in [-0.15, -0.1) is 0 Å². The number of imide groups is 1. The van der Waals surface area contributed by atoms with E-state index in [2.05, 4.69) is 0 Å². The molecule has 3 aromatic rings. The molecule has 0 aromatic heterocycles. The first-order chi connectivity index (χ1) is 15.4. The molecule has 32 heavy (non-hydrogen) atoms. The monoisotopic (exact) mass is 447 g/mol. The second kappa shape index (κ2) is 9.40. The zero-order valence-corrected chi connectivity index (χ0v) is 18.6. The SMILES string of the molecule is Cc1cc(C)cc(OCCN2C(=O)C(Sc3ccccc3)=C(c3ccc(F)cc3)C2=O)c1. The summed E-state index contributed by atoms with van der Waals surface area (Å²) in [6, 6.07) is 20.9. The van der Waals surface area contributed by atoms with Crippen molar-refractivity contribution in [2.24, 2.45) is 0 Å². The Morgan fingerprint density at radius 1 is 0.875 bits per heavy atom. The van der Waals surface area contributed by atoms with Crippen LogP contribution in [0.25, 0.3) is 5.57 Å². The van der Waals surface area contributed by atoms with Crippen LogP contribution in [0, 0.1) is 19.7 Å². The number of nitrogens with zero attached hydrogens (tertiary/aromatic N) is 1. The molecule has 0 saturated carbocycles. The van der Waals surface area contributed by atoms with Crippen molar-refractivity contribution >= 4 is 29.1 Å². The number of thioether (sulfide) groups is 1. The molecule has 0 saturated heterocycles. The maximum absolute atomic E-state index is 13.5. The molecule has 4 rings (SSSR count). The summed E-state index contributed by atoms with van der Waals surface area (Å²) in [7, 11) is 0. The molecule has 6 heteroatoms. The number of aryl methyl sites for hydroxylation is 2. The number of halogens is 1. The molecule has 1 heterocycles. The van der Waals surface area contributed by atoms with Crippen LogP contribution in [0.2, 0.25) is 0 Å². The first-order valence-electron chi connectivity index (χ1n) is 10.2. The Hall–Kier alpha value is -3.38. The van der Waals surface area contributed by atoms with E-state index < -0.39 is 11.7 Å². The highest BCUT2D eigenvalue weighted by Gasteiger charge is 2.39. The van der Waals surface area contributed by atoms with Crippen LogP contribution in [0.15, 0.2) is 82.6 Å². The van der Waals surface area contributed by atoms with Gasteiger partial charge >= 0.3 is 0 Å². The van der Waals surface area contributed by atoms with E-state index in [1.807, 2.05) is 62.4 Å². The molecule has 1 aliphatic rings. The predicted octanol–water partition coefficient (Wildman–Crippen LogP) is 5.39. The van der Waals surface area contributed by atoms with Gasteiger partial charge in [0.1, 0.15) is 18.2 Å². The number of hydrogen-bond acceptors (Lipinski definition) is 4. The number of rotatable bonds is 7. The Morgan fingerprint density at radius 3 is 2.19 bits per heavy atom. The summed E-state index contributed by atoms with van der Waals surface area (Å²) in [4.78, 5) is 28.8. The molecule has 0 fully saturated rings. The Kier molecular flexibility index (Phi) is 6.42. The minimum Gasteiger partial charge on any atom is -0.492 e. The largest absolute Gasteiger partial charge is 0.492 e. The lowest BCUT2D eigenvalue weighted by Crippen LogP contribution is -2.35. The highest BCUT2D eigenvalue weighted by Crippen LogP contribution is 2.39. The summed E-state index contributed by atoms with van der Waals surface area (Å²) in [5, 5.41) is 0. The first kappa shape index (κ1) is 21.8. The van der Waals surface area contributed by atoms with Gasteiger partial charge in [-0.2, -0.15) is 0 Å². The van der Waals surface area contributed by atoms with E-state index in [0.717, 1.165) is 16.0 Å². The van der Waals surface area contributed by atoms with E-state index in [-0.39, 0.29) is 24.6 Å². The normalized spacial score (nSPS) is 13.8. The summed E-state index contributed by atoms with van der Waals surface area (Å²) in [6.45, 7) is 4.27. The van der Waals surface area contributed by atoms with Crippen LogP contribution in [-0.2, 0) is 9.59 Å². The van der Waals surface area contributed by atoms with Crippen molar-refractivity contribution in [2.75, 3.05) is 13.2 Å². The summed E-state index contributed by atoms with van der Waals surface area (Å²) in [6.07, 6.45) is 0. The van der Waals surface area contributed by atoms with Crippen molar-refractivity contribution in [3.05, 3.63) is 100 Å². The molecule has 1 aliphatic heterocycles. The molecule has 0 spiro atoms. The summed E-state index contributed by atoms with van der Waals surface area (Å²) < 4.78 is 19.3. The van der Waals surface area contributed by atoms with Gasteiger partial charge in [0.2, 0.25) is 0 Å². The quantitative estimate of drug-likeness (QED) is 0.456. The molecular weight excluding hydrogens is 425 g/mol. The van der Waals surface area contributed by atoms with Gasteiger partial charge in [-0.1, -0.05) is 48.2 Å². The van der Waals surface area contributed by atoms with E-state index in [9.17, 15) is 14.0 Å². The zero-order valence-electron chi connectivity index (χ0n) is 17.8. The summed E-state index contributed by atoms with van der Waals surface area (Å²) in [5.41, 5.74) is 2.96. The van der Waals surface area contributed by atoms with Crippen molar-refractivity contribution < 1.29 is 18.7 Å². The van der Waals surface area contributed by atoms with Crippen LogP contribution in [0.3, 0.4) is 0 Å². The van der Waals surface area contributed by atoms with E-state index in [0.29, 0.717) is 16.2 Å². The highest BCUT2D eigenvalue weighted by atomic mass is 32.2. The van der Waals surface area contributed by atoms with E-state index >= 15 is 0 Å². The molecule has 0 N–H and O–H groups in total. The number of hydrogen-bond donors (Lipinski definition) is 0. The van der Waals surface area contributed by atoms with Crippen molar-refractivity contribution in [3.63, 3.8) is 0 Å². The van der Waals surface area contributed by atoms with Gasteiger partial charge < -0.3 is 4.74 Å². The molecule has 4 nitrogen and oxygen atoms in total. The van der Waals surface area contributed by atoms with Crippen molar-refractivity contribution in [3.8, 4) is 5.75 Å². The molecule has 0 atom stereocenters. The Balaban J connectivity index is 1.57. The standard InChI is InChI=1S/C26H22FNO3S/c1-17-14-18(2)16-21(15-17)31-13-12-28-25(29)23(19-8-10-20(27)11-9-19)24(26(28)30)32-22-6-4-3-5-7-22/h3-11,14-16H,12-13H2,1-2H3. The second-order valence-corrected chi connectivity index (χ2v) is 8.64. The van der Waals surface area contributed by atoms with Gasteiger partial charge in [0.05, 0.1) is 17.0 Å². The fourth-order valence-corrected chi connectivity index (χ4v) is 4.63. The topological polar surface area (TPSA) is 46.6 Å². The Labute approximate surface area is 190 Å². The van der Waals surface area contributed by atoms with E-state index in [1.54, 1.807) is 0 Å². The third kappa shape index (κ3) is 4.75. The lowest BCUT2D eigenvalue weighted by molar-refractivity contribution is -0.136. The molecule has 0 unspecified atom stereocenters. The average molecular weight is 448 g/mol. The molecule has 0 aliphatic carbocycles. The lowest BCUT2D eigenvalue weighted by atomic mass is 10.1. The fourth-order valence-electron chi connectivity index (χ4n) is 3.60. The van der Waals surface area contributed by atoms with Gasteiger partial charge in [-0.25, -0.2) is 4.39 Å². The second-order valence-electron chi connectivity index (χ2n) is 7.56. The Bertz CT molecular complexity index is 1170. The zero-order chi connectivity index (χ0) is 22.7. The van der Waals surface area contributed by atoms with Crippen LogP contribution in [0.4, 0.5) is 4.39 Å². The molecular formula is C26H22FNO3S. The Morgan fingerprint density at radius 2 is 1.53 bits per heavy atom.